The number of ether oxygens (including phenoxy) is 2. The van der Waals surface area contributed by atoms with Crippen LogP contribution in [-0.4, -0.2) is 13.1 Å². The molecule has 19 heavy (non-hydrogen) atoms. The van der Waals surface area contributed by atoms with Crippen LogP contribution in [0.3, 0.4) is 0 Å². The number of carbonyl (C=O) groups excluding carboxylic acids is 1. The van der Waals surface area contributed by atoms with Crippen molar-refractivity contribution in [3.05, 3.63) is 59.7 Å². The van der Waals surface area contributed by atoms with Gasteiger partial charge in [-0.2, -0.15) is 0 Å². The number of methoxy groups -OCH3 is 1. The summed E-state index contributed by atoms with van der Waals surface area (Å²) in [6.07, 6.45) is 0. The van der Waals surface area contributed by atoms with Gasteiger partial charge in [0.15, 0.2) is 0 Å². The molecule has 97 valence electrons. The lowest BCUT2D eigenvalue weighted by Crippen LogP contribution is -2.06. The Kier molecular flexibility index (Phi) is 4.03. The first-order chi connectivity index (χ1) is 9.20. The fourth-order valence-electron chi connectivity index (χ4n) is 1.66. The molecule has 2 aromatic rings. The summed E-state index contributed by atoms with van der Waals surface area (Å²) in [5.74, 6) is -0.0798. The van der Waals surface area contributed by atoms with Gasteiger partial charge in [0.1, 0.15) is 17.9 Å². The smallest absolute Gasteiger partial charge is 0.341 e. The van der Waals surface area contributed by atoms with Gasteiger partial charge in [0.05, 0.1) is 12.8 Å². The van der Waals surface area contributed by atoms with Crippen molar-refractivity contribution in [1.29, 1.82) is 0 Å². The molecule has 2 rings (SSSR count). The van der Waals surface area contributed by atoms with Gasteiger partial charge in [0.2, 0.25) is 0 Å². The predicted octanol–water partition coefficient (Wildman–Crippen LogP) is 2.97. The van der Waals surface area contributed by atoms with Gasteiger partial charge in [0, 0.05) is 0 Å². The number of carbonyl (C=O) groups is 1. The molecule has 0 heterocycles. The van der Waals surface area contributed by atoms with Crippen molar-refractivity contribution in [3.8, 4) is 5.75 Å². The Morgan fingerprint density at radius 3 is 2.58 bits per heavy atom. The third-order valence-corrected chi connectivity index (χ3v) is 2.62. The minimum Gasteiger partial charge on any atom is -0.488 e. The molecule has 0 unspecified atom stereocenters. The van der Waals surface area contributed by atoms with E-state index in [9.17, 15) is 4.79 Å². The summed E-state index contributed by atoms with van der Waals surface area (Å²) in [6.45, 7) is 0.363. The van der Waals surface area contributed by atoms with E-state index in [1.165, 1.54) is 13.2 Å². The largest absolute Gasteiger partial charge is 0.488 e. The minimum absolute atomic E-state index is 0.243. The average molecular weight is 256 g/mol. The maximum Gasteiger partial charge on any atom is 0.341 e. The van der Waals surface area contributed by atoms with E-state index >= 15 is 0 Å². The van der Waals surface area contributed by atoms with Crippen LogP contribution in [0, 0.1) is 0 Å². The molecule has 0 bridgehead atoms. The van der Waals surface area contributed by atoms with Crippen LogP contribution in [0.25, 0.3) is 0 Å². The average Bonchev–Trinajstić information content (AvgIpc) is 2.46. The summed E-state index contributed by atoms with van der Waals surface area (Å²) in [4.78, 5) is 11.6. The molecule has 0 fully saturated rings. The standard InChI is InChI=1S/C15H14NO3/c1-18-15(17)13-9-12(16)7-8-14(13)19-10-11-5-3-2-4-6-11/h2-9,16H,10H2,1H3. The number of nitrogens with one attached hydrogen (secondary N) is 1. The molecule has 0 aliphatic rings. The lowest BCUT2D eigenvalue weighted by molar-refractivity contribution is 0.0595. The summed E-state index contributed by atoms with van der Waals surface area (Å²) in [7, 11) is 1.31. The van der Waals surface area contributed by atoms with Crippen LogP contribution < -0.4 is 10.5 Å². The van der Waals surface area contributed by atoms with E-state index < -0.39 is 5.97 Å². The maximum atomic E-state index is 11.6. The Bertz CT molecular complexity index is 567. The number of hydrogen-bond donors (Lipinski definition) is 0. The molecule has 0 aliphatic heterocycles. The van der Waals surface area contributed by atoms with Gasteiger partial charge in [-0.15, -0.1) is 0 Å². The summed E-state index contributed by atoms with van der Waals surface area (Å²) in [6, 6.07) is 14.3. The van der Waals surface area contributed by atoms with Gasteiger partial charge in [-0.05, 0) is 23.8 Å². The zero-order valence-electron chi connectivity index (χ0n) is 10.6. The third-order valence-electron chi connectivity index (χ3n) is 2.62. The SMILES string of the molecule is COC(=O)c1cc([NH])ccc1OCc1ccccc1. The topological polar surface area (TPSA) is 59.3 Å². The van der Waals surface area contributed by atoms with Gasteiger partial charge in [0.25, 0.3) is 0 Å². The van der Waals surface area contributed by atoms with E-state index in [2.05, 4.69) is 4.74 Å². The van der Waals surface area contributed by atoms with Crippen LogP contribution in [0.15, 0.2) is 48.5 Å². The van der Waals surface area contributed by atoms with Crippen molar-refractivity contribution in [3.63, 3.8) is 0 Å². The van der Waals surface area contributed by atoms with E-state index in [1.807, 2.05) is 30.3 Å². The first-order valence-corrected chi connectivity index (χ1v) is 5.81. The highest BCUT2D eigenvalue weighted by Gasteiger charge is 2.13. The molecule has 0 aromatic heterocycles. The van der Waals surface area contributed by atoms with Gasteiger partial charge in [-0.1, -0.05) is 30.3 Å². The highest BCUT2D eigenvalue weighted by atomic mass is 16.5. The number of benzene rings is 2. The maximum absolute atomic E-state index is 11.6. The molecule has 0 saturated carbocycles. The van der Waals surface area contributed by atoms with Crippen molar-refractivity contribution in [2.45, 2.75) is 6.61 Å². The minimum atomic E-state index is -0.503. The zero-order valence-corrected chi connectivity index (χ0v) is 10.6. The fourth-order valence-corrected chi connectivity index (χ4v) is 1.66. The molecule has 0 amide bonds. The van der Waals surface area contributed by atoms with E-state index in [1.54, 1.807) is 12.1 Å². The third kappa shape index (κ3) is 3.25. The lowest BCUT2D eigenvalue weighted by Gasteiger charge is -2.10. The highest BCUT2D eigenvalue weighted by molar-refractivity contribution is 5.93. The molecule has 4 nitrogen and oxygen atoms in total. The second-order valence-electron chi connectivity index (χ2n) is 3.98. The fraction of sp³-hybridized carbons (Fsp3) is 0.133. The molecule has 1 N–H and O–H groups in total. The predicted molar refractivity (Wildman–Crippen MR) is 71.3 cm³/mol. The van der Waals surface area contributed by atoms with Crippen LogP contribution in [0.4, 0.5) is 5.69 Å². The van der Waals surface area contributed by atoms with E-state index in [-0.39, 0.29) is 11.3 Å². The van der Waals surface area contributed by atoms with Crippen molar-refractivity contribution < 1.29 is 14.3 Å². The van der Waals surface area contributed by atoms with Crippen molar-refractivity contribution >= 4 is 11.7 Å². The molecule has 2 aromatic carbocycles. The summed E-state index contributed by atoms with van der Waals surface area (Å²) in [5.41, 5.74) is 9.05. The lowest BCUT2D eigenvalue weighted by atomic mass is 10.1. The number of rotatable bonds is 4. The Hall–Kier alpha value is -2.49. The second kappa shape index (κ2) is 5.91. The monoisotopic (exact) mass is 256 g/mol. The quantitative estimate of drug-likeness (QED) is 0.790. The van der Waals surface area contributed by atoms with Gasteiger partial charge >= 0.3 is 5.97 Å². The molecule has 0 saturated heterocycles. The van der Waals surface area contributed by atoms with Crippen LogP contribution in [0.1, 0.15) is 15.9 Å². The Morgan fingerprint density at radius 2 is 1.89 bits per heavy atom. The molecule has 0 atom stereocenters. The Labute approximate surface area is 111 Å². The van der Waals surface area contributed by atoms with Gasteiger partial charge in [-0.25, -0.2) is 4.79 Å². The van der Waals surface area contributed by atoms with E-state index in [0.29, 0.717) is 12.4 Å². The summed E-state index contributed by atoms with van der Waals surface area (Å²) < 4.78 is 10.3. The van der Waals surface area contributed by atoms with Crippen molar-refractivity contribution in [1.82, 2.24) is 5.73 Å². The van der Waals surface area contributed by atoms with E-state index in [0.717, 1.165) is 5.56 Å². The first kappa shape index (κ1) is 13.0. The van der Waals surface area contributed by atoms with Crippen molar-refractivity contribution in [2.75, 3.05) is 7.11 Å². The number of esters is 1. The Morgan fingerprint density at radius 1 is 1.16 bits per heavy atom. The van der Waals surface area contributed by atoms with Crippen LogP contribution in [0.5, 0.6) is 5.75 Å². The normalized spacial score (nSPS) is 9.95. The Balaban J connectivity index is 2.18. The molecule has 0 aliphatic carbocycles. The van der Waals surface area contributed by atoms with Crippen LogP contribution in [0.2, 0.25) is 0 Å². The highest BCUT2D eigenvalue weighted by Crippen LogP contribution is 2.23. The zero-order chi connectivity index (χ0) is 13.7. The van der Waals surface area contributed by atoms with Gasteiger partial charge < -0.3 is 15.2 Å². The van der Waals surface area contributed by atoms with E-state index in [4.69, 9.17) is 10.5 Å². The number of hydrogen-bond acceptors (Lipinski definition) is 3. The first-order valence-electron chi connectivity index (χ1n) is 5.81. The molecule has 0 spiro atoms. The molecular weight excluding hydrogens is 242 g/mol. The van der Waals surface area contributed by atoms with Crippen LogP contribution in [-0.2, 0) is 11.3 Å². The summed E-state index contributed by atoms with van der Waals surface area (Å²) >= 11 is 0. The molecule has 1 radical (unpaired) electrons. The second-order valence-corrected chi connectivity index (χ2v) is 3.98. The van der Waals surface area contributed by atoms with Crippen LogP contribution >= 0.6 is 0 Å². The van der Waals surface area contributed by atoms with Crippen molar-refractivity contribution in [2.24, 2.45) is 0 Å². The molecular formula is C15H14NO3. The molecule has 4 heteroatoms. The summed E-state index contributed by atoms with van der Waals surface area (Å²) in [5, 5.41) is 0. The van der Waals surface area contributed by atoms with Gasteiger partial charge in [-0.3, -0.25) is 0 Å².